The first-order valence-corrected chi connectivity index (χ1v) is 9.42. The summed E-state index contributed by atoms with van der Waals surface area (Å²) in [6.45, 7) is 0.808. The van der Waals surface area contributed by atoms with Crippen LogP contribution in [0.5, 0.6) is 11.5 Å². The Bertz CT molecular complexity index is 969. The van der Waals surface area contributed by atoms with Gasteiger partial charge < -0.3 is 19.7 Å². The summed E-state index contributed by atoms with van der Waals surface area (Å²) in [7, 11) is 3.16. The minimum absolute atomic E-state index is 0.266. The molecule has 0 spiro atoms. The molecule has 0 amide bonds. The Labute approximate surface area is 175 Å². The topological polar surface area (TPSA) is 46.6 Å². The average molecular weight is 412 g/mol. The van der Waals surface area contributed by atoms with Crippen molar-refractivity contribution >= 4 is 23.0 Å². The lowest BCUT2D eigenvalue weighted by Gasteiger charge is -2.26. The Morgan fingerprint density at radius 2 is 1.83 bits per heavy atom. The summed E-state index contributed by atoms with van der Waals surface area (Å²) in [6.07, 6.45) is 3.48. The molecule has 1 heterocycles. The minimum atomic E-state index is -0.266. The van der Waals surface area contributed by atoms with Crippen molar-refractivity contribution < 1.29 is 13.9 Å². The number of methoxy groups -OCH3 is 2. The summed E-state index contributed by atoms with van der Waals surface area (Å²) in [5.41, 5.74) is 2.28. The van der Waals surface area contributed by atoms with Crippen LogP contribution in [0.4, 0.5) is 10.1 Å². The van der Waals surface area contributed by atoms with Gasteiger partial charge in [-0.1, -0.05) is 24.3 Å². The van der Waals surface area contributed by atoms with Gasteiger partial charge in [0.1, 0.15) is 5.82 Å². The van der Waals surface area contributed by atoms with E-state index in [-0.39, 0.29) is 5.82 Å². The number of hydrogen-bond donors (Lipinski definition) is 1. The van der Waals surface area contributed by atoms with E-state index >= 15 is 0 Å². The largest absolute Gasteiger partial charge is 0.493 e. The lowest BCUT2D eigenvalue weighted by Crippen LogP contribution is -2.34. The van der Waals surface area contributed by atoms with Gasteiger partial charge in [0.05, 0.1) is 14.2 Å². The van der Waals surface area contributed by atoms with Gasteiger partial charge in [0.2, 0.25) is 0 Å². The third-order valence-electron chi connectivity index (χ3n) is 4.34. The SMILES string of the molecule is COc1ccc(NC(=S)N(Cc2cccnc2)Cc2ccccc2F)cc1OC. The summed E-state index contributed by atoms with van der Waals surface area (Å²) in [5, 5.41) is 3.67. The molecule has 3 rings (SSSR count). The number of thiocarbonyl (C=S) groups is 1. The highest BCUT2D eigenvalue weighted by Gasteiger charge is 2.15. The molecule has 29 heavy (non-hydrogen) atoms. The van der Waals surface area contributed by atoms with E-state index in [4.69, 9.17) is 21.7 Å². The van der Waals surface area contributed by atoms with E-state index in [2.05, 4.69) is 10.3 Å². The normalized spacial score (nSPS) is 10.3. The molecule has 0 fully saturated rings. The van der Waals surface area contributed by atoms with Crippen molar-refractivity contribution in [2.75, 3.05) is 19.5 Å². The second kappa shape index (κ2) is 9.84. The molecule has 5 nitrogen and oxygen atoms in total. The number of pyridine rings is 1. The summed E-state index contributed by atoms with van der Waals surface area (Å²) >= 11 is 5.64. The Morgan fingerprint density at radius 3 is 2.52 bits per heavy atom. The van der Waals surface area contributed by atoms with Crippen LogP contribution in [0.2, 0.25) is 0 Å². The van der Waals surface area contributed by atoms with Crippen molar-refractivity contribution in [3.8, 4) is 11.5 Å². The first kappa shape index (κ1) is 20.5. The van der Waals surface area contributed by atoms with Gasteiger partial charge in [-0.15, -0.1) is 0 Å². The molecule has 0 unspecified atom stereocenters. The van der Waals surface area contributed by atoms with E-state index in [9.17, 15) is 4.39 Å². The summed E-state index contributed by atoms with van der Waals surface area (Å²) in [4.78, 5) is 6.04. The van der Waals surface area contributed by atoms with Crippen molar-refractivity contribution in [1.82, 2.24) is 9.88 Å². The van der Waals surface area contributed by atoms with Crippen molar-refractivity contribution in [3.05, 3.63) is 83.9 Å². The number of hydrogen-bond acceptors (Lipinski definition) is 4. The van der Waals surface area contributed by atoms with Crippen molar-refractivity contribution in [2.24, 2.45) is 0 Å². The highest BCUT2D eigenvalue weighted by molar-refractivity contribution is 7.80. The standard InChI is InChI=1S/C22H22FN3O2S/c1-27-20-10-9-18(12-21(20)28-2)25-22(29)26(14-16-6-5-11-24-13-16)15-17-7-3-4-8-19(17)23/h3-13H,14-15H2,1-2H3,(H,25,29). The maximum atomic E-state index is 14.2. The van der Waals surface area contributed by atoms with E-state index in [0.29, 0.717) is 35.3 Å². The van der Waals surface area contributed by atoms with Crippen LogP contribution in [-0.2, 0) is 13.1 Å². The molecule has 0 aliphatic rings. The molecule has 3 aromatic rings. The van der Waals surface area contributed by atoms with Crippen LogP contribution in [0.25, 0.3) is 0 Å². The number of anilines is 1. The third kappa shape index (κ3) is 5.42. The minimum Gasteiger partial charge on any atom is -0.493 e. The highest BCUT2D eigenvalue weighted by atomic mass is 32.1. The quantitative estimate of drug-likeness (QED) is 0.572. The van der Waals surface area contributed by atoms with Crippen LogP contribution in [0, 0.1) is 5.82 Å². The lowest BCUT2D eigenvalue weighted by atomic mass is 10.2. The third-order valence-corrected chi connectivity index (χ3v) is 4.70. The van der Waals surface area contributed by atoms with Gasteiger partial charge in [-0.25, -0.2) is 4.39 Å². The van der Waals surface area contributed by atoms with Gasteiger partial charge in [-0.2, -0.15) is 0 Å². The van der Waals surface area contributed by atoms with E-state index in [0.717, 1.165) is 11.3 Å². The van der Waals surface area contributed by atoms with Gasteiger partial charge in [0.25, 0.3) is 0 Å². The molecule has 0 aliphatic heterocycles. The number of nitrogens with zero attached hydrogens (tertiary/aromatic N) is 2. The fourth-order valence-corrected chi connectivity index (χ4v) is 3.11. The Balaban J connectivity index is 1.82. The first-order valence-electron chi connectivity index (χ1n) is 9.01. The molecular weight excluding hydrogens is 389 g/mol. The molecule has 0 radical (unpaired) electrons. The molecule has 2 aromatic carbocycles. The summed E-state index contributed by atoms with van der Waals surface area (Å²) in [5.74, 6) is 0.952. The van der Waals surface area contributed by atoms with Crippen molar-refractivity contribution in [2.45, 2.75) is 13.1 Å². The molecule has 1 N–H and O–H groups in total. The van der Waals surface area contributed by atoms with Gasteiger partial charge >= 0.3 is 0 Å². The van der Waals surface area contributed by atoms with Crippen LogP contribution < -0.4 is 14.8 Å². The maximum absolute atomic E-state index is 14.2. The van der Waals surface area contributed by atoms with E-state index in [1.165, 1.54) is 6.07 Å². The number of benzene rings is 2. The highest BCUT2D eigenvalue weighted by Crippen LogP contribution is 2.30. The number of halogens is 1. The van der Waals surface area contributed by atoms with E-state index in [1.54, 1.807) is 50.9 Å². The number of aromatic nitrogens is 1. The average Bonchev–Trinajstić information content (AvgIpc) is 2.75. The van der Waals surface area contributed by atoms with Gasteiger partial charge in [0, 0.05) is 42.8 Å². The molecule has 150 valence electrons. The summed E-state index contributed by atoms with van der Waals surface area (Å²) < 4.78 is 24.8. The fourth-order valence-electron chi connectivity index (χ4n) is 2.86. The maximum Gasteiger partial charge on any atom is 0.174 e. The van der Waals surface area contributed by atoms with Crippen LogP contribution in [0.15, 0.2) is 67.0 Å². The van der Waals surface area contributed by atoms with Gasteiger partial charge in [-0.05, 0) is 42.0 Å². The van der Waals surface area contributed by atoms with Crippen LogP contribution in [0.1, 0.15) is 11.1 Å². The van der Waals surface area contributed by atoms with Crippen LogP contribution >= 0.6 is 12.2 Å². The zero-order valence-corrected chi connectivity index (χ0v) is 17.1. The van der Waals surface area contributed by atoms with Crippen LogP contribution in [0.3, 0.4) is 0 Å². The molecule has 0 atom stereocenters. The molecule has 0 aliphatic carbocycles. The number of rotatable bonds is 7. The monoisotopic (exact) mass is 411 g/mol. The van der Waals surface area contributed by atoms with Gasteiger partial charge in [0.15, 0.2) is 16.6 Å². The predicted octanol–water partition coefficient (Wildman–Crippen LogP) is 4.64. The van der Waals surface area contributed by atoms with E-state index in [1.807, 2.05) is 29.2 Å². The second-order valence-corrected chi connectivity index (χ2v) is 6.70. The molecule has 0 saturated heterocycles. The van der Waals surface area contributed by atoms with Crippen LogP contribution in [-0.4, -0.2) is 29.2 Å². The van der Waals surface area contributed by atoms with Crippen molar-refractivity contribution in [1.29, 1.82) is 0 Å². The first-order chi connectivity index (χ1) is 14.1. The molecule has 1 aromatic heterocycles. The zero-order chi connectivity index (χ0) is 20.6. The Hall–Kier alpha value is -3.19. The Kier molecular flexibility index (Phi) is 6.97. The lowest BCUT2D eigenvalue weighted by molar-refractivity contribution is 0.355. The molecule has 0 saturated carbocycles. The molecular formula is C22H22FN3O2S. The molecule has 0 bridgehead atoms. The summed E-state index contributed by atoms with van der Waals surface area (Å²) in [6, 6.07) is 16.0. The number of ether oxygens (including phenoxy) is 2. The van der Waals surface area contributed by atoms with E-state index < -0.39 is 0 Å². The Morgan fingerprint density at radius 1 is 1.03 bits per heavy atom. The molecule has 7 heteroatoms. The zero-order valence-electron chi connectivity index (χ0n) is 16.3. The number of nitrogens with one attached hydrogen (secondary N) is 1. The predicted molar refractivity (Wildman–Crippen MR) is 116 cm³/mol. The smallest absolute Gasteiger partial charge is 0.174 e. The second-order valence-electron chi connectivity index (χ2n) is 6.31. The van der Waals surface area contributed by atoms with Gasteiger partial charge in [-0.3, -0.25) is 4.98 Å². The fraction of sp³-hybridized carbons (Fsp3) is 0.182. The van der Waals surface area contributed by atoms with Crippen molar-refractivity contribution in [3.63, 3.8) is 0 Å².